The predicted molar refractivity (Wildman–Crippen MR) is 83.8 cm³/mol. The lowest BCUT2D eigenvalue weighted by Gasteiger charge is -2.11. The van der Waals surface area contributed by atoms with Gasteiger partial charge in [-0.1, -0.05) is 39.8 Å². The van der Waals surface area contributed by atoms with E-state index in [0.717, 1.165) is 16.9 Å². The van der Waals surface area contributed by atoms with Gasteiger partial charge in [0.25, 0.3) is 0 Å². The van der Waals surface area contributed by atoms with E-state index in [-0.39, 0.29) is 11.9 Å². The molecule has 0 amide bonds. The first-order valence-corrected chi connectivity index (χ1v) is 6.67. The summed E-state index contributed by atoms with van der Waals surface area (Å²) in [7, 11) is 1.64. The molecule has 1 rings (SSSR count). The first-order valence-electron chi connectivity index (χ1n) is 6.67. The minimum Gasteiger partial charge on any atom is -0.496 e. The molecule has 6 N–H and O–H groups in total. The molecular formula is C15H29N3O. The lowest BCUT2D eigenvalue weighted by molar-refractivity contribution is 0.411. The van der Waals surface area contributed by atoms with Gasteiger partial charge in [0.1, 0.15) is 5.75 Å². The number of aryl methyl sites for hydroxylation is 1. The summed E-state index contributed by atoms with van der Waals surface area (Å²) in [6.45, 7) is 9.96. The number of rotatable bonds is 3. The van der Waals surface area contributed by atoms with Gasteiger partial charge in [0.05, 0.1) is 19.0 Å². The van der Waals surface area contributed by atoms with Crippen molar-refractivity contribution in [2.45, 2.75) is 40.7 Å². The number of methoxy groups -OCH3 is 1. The van der Waals surface area contributed by atoms with E-state index >= 15 is 0 Å². The summed E-state index contributed by atoms with van der Waals surface area (Å²) in [5, 5.41) is 0. The standard InChI is InChI=1S/C11H17N3O.2C2H6/c1-7-5-8(3-4-10(7)15-2)9(12)6-11(13)14;2*1-2/h3-6,9H,12-14H2,1-2H3;2*1-2H3. The molecule has 110 valence electrons. The lowest BCUT2D eigenvalue weighted by Crippen LogP contribution is -2.15. The molecule has 0 aromatic heterocycles. The molecule has 1 aromatic rings. The molecule has 0 aliphatic heterocycles. The number of hydrogen-bond acceptors (Lipinski definition) is 4. The first kappa shape index (κ1) is 19.7. The van der Waals surface area contributed by atoms with E-state index < -0.39 is 0 Å². The maximum atomic E-state index is 5.88. The summed E-state index contributed by atoms with van der Waals surface area (Å²) >= 11 is 0. The highest BCUT2D eigenvalue weighted by Crippen LogP contribution is 2.21. The van der Waals surface area contributed by atoms with E-state index in [2.05, 4.69) is 0 Å². The Bertz CT molecular complexity index is 372. The molecule has 4 nitrogen and oxygen atoms in total. The third-order valence-corrected chi connectivity index (χ3v) is 2.18. The molecule has 0 aliphatic carbocycles. The van der Waals surface area contributed by atoms with Crippen LogP contribution in [0.5, 0.6) is 5.75 Å². The maximum Gasteiger partial charge on any atom is 0.121 e. The second kappa shape index (κ2) is 11.4. The van der Waals surface area contributed by atoms with Crippen LogP contribution in [0.3, 0.4) is 0 Å². The van der Waals surface area contributed by atoms with Crippen LogP contribution < -0.4 is 21.9 Å². The Balaban J connectivity index is 0. The van der Waals surface area contributed by atoms with Crippen molar-refractivity contribution in [2.24, 2.45) is 17.2 Å². The van der Waals surface area contributed by atoms with Crippen LogP contribution in [0.4, 0.5) is 0 Å². The van der Waals surface area contributed by atoms with Crippen molar-refractivity contribution in [1.82, 2.24) is 0 Å². The fourth-order valence-corrected chi connectivity index (χ4v) is 1.41. The van der Waals surface area contributed by atoms with Crippen LogP contribution in [0.15, 0.2) is 30.1 Å². The van der Waals surface area contributed by atoms with E-state index in [4.69, 9.17) is 21.9 Å². The topological polar surface area (TPSA) is 87.3 Å². The fourth-order valence-electron chi connectivity index (χ4n) is 1.41. The van der Waals surface area contributed by atoms with Gasteiger partial charge in [-0.2, -0.15) is 0 Å². The molecule has 0 bridgehead atoms. The predicted octanol–water partition coefficient (Wildman–Crippen LogP) is 2.81. The zero-order valence-corrected chi connectivity index (χ0v) is 13.0. The quantitative estimate of drug-likeness (QED) is 0.786. The Morgan fingerprint density at radius 1 is 1.16 bits per heavy atom. The molecule has 0 radical (unpaired) electrons. The van der Waals surface area contributed by atoms with E-state index in [1.165, 1.54) is 0 Å². The number of nitrogens with two attached hydrogens (primary N) is 3. The van der Waals surface area contributed by atoms with Gasteiger partial charge in [-0.25, -0.2) is 0 Å². The third-order valence-electron chi connectivity index (χ3n) is 2.18. The number of ether oxygens (including phenoxy) is 1. The van der Waals surface area contributed by atoms with Gasteiger partial charge in [0.15, 0.2) is 0 Å². The fraction of sp³-hybridized carbons (Fsp3) is 0.467. The van der Waals surface area contributed by atoms with Crippen molar-refractivity contribution in [1.29, 1.82) is 0 Å². The summed E-state index contributed by atoms with van der Waals surface area (Å²) in [6, 6.07) is 5.46. The summed E-state index contributed by atoms with van der Waals surface area (Å²) in [6.07, 6.45) is 1.61. The molecule has 1 unspecified atom stereocenters. The van der Waals surface area contributed by atoms with Gasteiger partial charge < -0.3 is 21.9 Å². The molecule has 1 atom stereocenters. The number of hydrogen-bond donors (Lipinski definition) is 3. The van der Waals surface area contributed by atoms with Crippen LogP contribution in [0.2, 0.25) is 0 Å². The van der Waals surface area contributed by atoms with E-state index in [9.17, 15) is 0 Å². The van der Waals surface area contributed by atoms with Crippen molar-refractivity contribution < 1.29 is 4.74 Å². The van der Waals surface area contributed by atoms with Crippen LogP contribution in [0.25, 0.3) is 0 Å². The molecule has 0 heterocycles. The number of benzene rings is 1. The minimum absolute atomic E-state index is 0.232. The summed E-state index contributed by atoms with van der Waals surface area (Å²) < 4.78 is 5.16. The van der Waals surface area contributed by atoms with Crippen molar-refractivity contribution in [3.05, 3.63) is 41.2 Å². The lowest BCUT2D eigenvalue weighted by atomic mass is 10.0. The molecule has 1 aromatic carbocycles. The van der Waals surface area contributed by atoms with Crippen molar-refractivity contribution in [3.63, 3.8) is 0 Å². The van der Waals surface area contributed by atoms with Gasteiger partial charge >= 0.3 is 0 Å². The van der Waals surface area contributed by atoms with Crippen molar-refractivity contribution in [3.8, 4) is 5.75 Å². The summed E-state index contributed by atoms with van der Waals surface area (Å²) in [5.74, 6) is 1.08. The van der Waals surface area contributed by atoms with E-state index in [1.54, 1.807) is 13.2 Å². The van der Waals surface area contributed by atoms with Gasteiger partial charge in [0.2, 0.25) is 0 Å². The first-order chi connectivity index (χ1) is 9.04. The second-order valence-corrected chi connectivity index (χ2v) is 3.42. The van der Waals surface area contributed by atoms with Crippen LogP contribution in [-0.2, 0) is 0 Å². The highest BCUT2D eigenvalue weighted by atomic mass is 16.5. The molecule has 0 fully saturated rings. The third kappa shape index (κ3) is 7.36. The average Bonchev–Trinajstić information content (AvgIpc) is 2.42. The molecule has 19 heavy (non-hydrogen) atoms. The Hall–Kier alpha value is -1.68. The molecule has 0 spiro atoms. The van der Waals surface area contributed by atoms with Gasteiger partial charge in [-0.3, -0.25) is 0 Å². The van der Waals surface area contributed by atoms with Gasteiger partial charge in [-0.05, 0) is 30.2 Å². The van der Waals surface area contributed by atoms with Crippen LogP contribution in [-0.4, -0.2) is 7.11 Å². The van der Waals surface area contributed by atoms with Crippen LogP contribution >= 0.6 is 0 Å². The summed E-state index contributed by atoms with van der Waals surface area (Å²) in [5.41, 5.74) is 18.6. The average molecular weight is 267 g/mol. The Kier molecular flexibility index (Phi) is 11.8. The van der Waals surface area contributed by atoms with Crippen molar-refractivity contribution in [2.75, 3.05) is 7.11 Å². The monoisotopic (exact) mass is 267 g/mol. The Labute approximate surface area is 117 Å². The normalized spacial score (nSPS) is 10.1. The van der Waals surface area contributed by atoms with Gasteiger partial charge in [0, 0.05) is 0 Å². The molecule has 0 aliphatic rings. The maximum absolute atomic E-state index is 5.88. The van der Waals surface area contributed by atoms with Crippen LogP contribution in [0.1, 0.15) is 44.9 Å². The van der Waals surface area contributed by atoms with Crippen LogP contribution in [0, 0.1) is 6.92 Å². The minimum atomic E-state index is -0.278. The van der Waals surface area contributed by atoms with E-state index in [0.29, 0.717) is 0 Å². The zero-order chi connectivity index (χ0) is 15.4. The SMILES string of the molecule is CC.CC.COc1ccc(C(N)C=C(N)N)cc1C. The molecule has 0 saturated carbocycles. The molecular weight excluding hydrogens is 238 g/mol. The smallest absolute Gasteiger partial charge is 0.121 e. The highest BCUT2D eigenvalue weighted by molar-refractivity contribution is 5.38. The molecule has 4 heteroatoms. The Morgan fingerprint density at radius 2 is 1.68 bits per heavy atom. The highest BCUT2D eigenvalue weighted by Gasteiger charge is 2.05. The summed E-state index contributed by atoms with van der Waals surface area (Å²) in [4.78, 5) is 0. The Morgan fingerprint density at radius 3 is 2.05 bits per heavy atom. The molecule has 0 saturated heterocycles. The second-order valence-electron chi connectivity index (χ2n) is 3.42. The largest absolute Gasteiger partial charge is 0.496 e. The van der Waals surface area contributed by atoms with E-state index in [1.807, 2.05) is 52.8 Å². The van der Waals surface area contributed by atoms with Crippen molar-refractivity contribution >= 4 is 0 Å². The zero-order valence-electron chi connectivity index (χ0n) is 13.0. The van der Waals surface area contributed by atoms with Gasteiger partial charge in [-0.15, -0.1) is 0 Å².